The number of ether oxygens (including phenoxy) is 1. The van der Waals surface area contributed by atoms with Crippen molar-refractivity contribution in [3.05, 3.63) is 45.5 Å². The standard InChI is InChI=1S/C15H10F6N2O2S/c16-14(17,18)8-3-7(4-9(5-8)15(19,20)21)12(24)23-13-22-10-1-2-25-6-11(10)26-13/h3-5H,1-2,6H2,(H,22,23,24). The van der Waals surface area contributed by atoms with Gasteiger partial charge in [0.15, 0.2) is 5.13 Å². The Balaban J connectivity index is 1.92. The van der Waals surface area contributed by atoms with E-state index in [9.17, 15) is 31.1 Å². The van der Waals surface area contributed by atoms with Crippen LogP contribution in [-0.2, 0) is 30.1 Å². The number of benzene rings is 1. The van der Waals surface area contributed by atoms with Crippen LogP contribution in [0.15, 0.2) is 18.2 Å². The van der Waals surface area contributed by atoms with Gasteiger partial charge in [0.2, 0.25) is 0 Å². The van der Waals surface area contributed by atoms with Crippen molar-refractivity contribution >= 4 is 22.4 Å². The minimum atomic E-state index is -5.02. The Morgan fingerprint density at radius 1 is 1.08 bits per heavy atom. The maximum absolute atomic E-state index is 12.9. The molecule has 1 aromatic carbocycles. The first-order valence-corrected chi connectivity index (χ1v) is 8.03. The molecular weight excluding hydrogens is 386 g/mol. The molecule has 1 aliphatic heterocycles. The van der Waals surface area contributed by atoms with E-state index < -0.39 is 35.0 Å². The average Bonchev–Trinajstić information content (AvgIpc) is 2.95. The quantitative estimate of drug-likeness (QED) is 0.761. The van der Waals surface area contributed by atoms with Crippen LogP contribution in [0.5, 0.6) is 0 Å². The van der Waals surface area contributed by atoms with Crippen molar-refractivity contribution in [2.75, 3.05) is 11.9 Å². The summed E-state index contributed by atoms with van der Waals surface area (Å²) in [4.78, 5) is 17.1. The minimum Gasteiger partial charge on any atom is -0.375 e. The van der Waals surface area contributed by atoms with Crippen LogP contribution in [0.2, 0.25) is 0 Å². The maximum atomic E-state index is 12.9. The SMILES string of the molecule is O=C(Nc1nc2c(s1)COCC2)c1cc(C(F)(F)F)cc(C(F)(F)F)c1. The van der Waals surface area contributed by atoms with Crippen LogP contribution >= 0.6 is 11.3 Å². The van der Waals surface area contributed by atoms with Crippen LogP contribution < -0.4 is 5.32 Å². The molecule has 2 aromatic rings. The zero-order valence-corrected chi connectivity index (χ0v) is 13.6. The third-order valence-corrected chi connectivity index (χ3v) is 4.55. The van der Waals surface area contributed by atoms with Gasteiger partial charge in [-0.2, -0.15) is 26.3 Å². The number of amides is 1. The van der Waals surface area contributed by atoms with Gasteiger partial charge in [-0.1, -0.05) is 11.3 Å². The largest absolute Gasteiger partial charge is 0.416 e. The molecule has 0 atom stereocenters. The third kappa shape index (κ3) is 3.98. The van der Waals surface area contributed by atoms with Crippen molar-refractivity contribution in [2.24, 2.45) is 0 Å². The van der Waals surface area contributed by atoms with Gasteiger partial charge in [-0.25, -0.2) is 4.98 Å². The number of alkyl halides is 6. The molecule has 0 saturated heterocycles. The summed E-state index contributed by atoms with van der Waals surface area (Å²) in [6, 6.07) is 0.721. The number of anilines is 1. The van der Waals surface area contributed by atoms with Crippen LogP contribution in [0.4, 0.5) is 31.5 Å². The van der Waals surface area contributed by atoms with Gasteiger partial charge < -0.3 is 4.74 Å². The van der Waals surface area contributed by atoms with Gasteiger partial charge >= 0.3 is 12.4 Å². The van der Waals surface area contributed by atoms with Gasteiger partial charge in [-0.15, -0.1) is 0 Å². The number of thiazole rings is 1. The van der Waals surface area contributed by atoms with Crippen molar-refractivity contribution in [3.63, 3.8) is 0 Å². The van der Waals surface area contributed by atoms with E-state index >= 15 is 0 Å². The molecule has 26 heavy (non-hydrogen) atoms. The van der Waals surface area contributed by atoms with Crippen LogP contribution in [0.25, 0.3) is 0 Å². The molecule has 2 heterocycles. The van der Waals surface area contributed by atoms with E-state index in [1.807, 2.05) is 0 Å². The number of hydrogen-bond donors (Lipinski definition) is 1. The van der Waals surface area contributed by atoms with Crippen molar-refractivity contribution < 1.29 is 35.9 Å². The van der Waals surface area contributed by atoms with E-state index in [-0.39, 0.29) is 11.2 Å². The van der Waals surface area contributed by atoms with E-state index in [0.29, 0.717) is 37.5 Å². The zero-order chi connectivity index (χ0) is 19.1. The number of hydrogen-bond acceptors (Lipinski definition) is 4. The maximum Gasteiger partial charge on any atom is 0.416 e. The number of nitrogens with zero attached hydrogens (tertiary/aromatic N) is 1. The minimum absolute atomic E-state index is 0.0315. The fraction of sp³-hybridized carbons (Fsp3) is 0.333. The van der Waals surface area contributed by atoms with Crippen LogP contribution in [-0.4, -0.2) is 17.5 Å². The van der Waals surface area contributed by atoms with E-state index in [4.69, 9.17) is 4.74 Å². The second-order valence-electron chi connectivity index (χ2n) is 5.44. The summed E-state index contributed by atoms with van der Waals surface area (Å²) < 4.78 is 82.4. The van der Waals surface area contributed by atoms with Crippen LogP contribution in [0, 0.1) is 0 Å². The molecule has 4 nitrogen and oxygen atoms in total. The Morgan fingerprint density at radius 2 is 1.69 bits per heavy atom. The number of nitrogens with one attached hydrogen (secondary N) is 1. The molecule has 3 rings (SSSR count). The number of fused-ring (bicyclic) bond motifs is 1. The van der Waals surface area contributed by atoms with Crippen LogP contribution in [0.1, 0.15) is 32.1 Å². The molecule has 0 spiro atoms. The van der Waals surface area contributed by atoms with Gasteiger partial charge in [0.25, 0.3) is 5.91 Å². The number of aromatic nitrogens is 1. The average molecular weight is 396 g/mol. The molecule has 1 aliphatic rings. The van der Waals surface area contributed by atoms with Crippen molar-refractivity contribution in [2.45, 2.75) is 25.4 Å². The molecule has 0 saturated carbocycles. The summed E-state index contributed by atoms with van der Waals surface area (Å²) in [6.45, 7) is 0.747. The number of carbonyl (C=O) groups excluding carboxylic acids is 1. The summed E-state index contributed by atoms with van der Waals surface area (Å²) in [5, 5.41) is 2.34. The Kier molecular flexibility index (Phi) is 4.69. The molecule has 1 amide bonds. The highest BCUT2D eigenvalue weighted by atomic mass is 32.1. The summed E-state index contributed by atoms with van der Waals surface area (Å²) in [6.07, 6.45) is -9.52. The van der Waals surface area contributed by atoms with E-state index in [0.717, 1.165) is 16.2 Å². The van der Waals surface area contributed by atoms with Crippen molar-refractivity contribution in [1.82, 2.24) is 4.98 Å². The Bertz CT molecular complexity index is 788. The van der Waals surface area contributed by atoms with E-state index in [1.165, 1.54) is 0 Å². The van der Waals surface area contributed by atoms with Gasteiger partial charge in [0, 0.05) is 12.0 Å². The number of rotatable bonds is 2. The summed E-state index contributed by atoms with van der Waals surface area (Å²) in [5.74, 6) is -1.10. The Labute approximate surface area is 146 Å². The molecule has 0 bridgehead atoms. The lowest BCUT2D eigenvalue weighted by molar-refractivity contribution is -0.143. The second-order valence-corrected chi connectivity index (χ2v) is 6.52. The van der Waals surface area contributed by atoms with E-state index in [2.05, 4.69) is 10.3 Å². The molecule has 1 N–H and O–H groups in total. The van der Waals surface area contributed by atoms with Gasteiger partial charge in [-0.3, -0.25) is 10.1 Å². The highest BCUT2D eigenvalue weighted by Crippen LogP contribution is 2.36. The molecule has 0 aliphatic carbocycles. The molecule has 1 aromatic heterocycles. The van der Waals surface area contributed by atoms with Crippen molar-refractivity contribution in [1.29, 1.82) is 0 Å². The smallest absolute Gasteiger partial charge is 0.375 e. The van der Waals surface area contributed by atoms with Gasteiger partial charge in [0.05, 0.1) is 34.9 Å². The molecular formula is C15H10F6N2O2S. The Morgan fingerprint density at radius 3 is 2.23 bits per heavy atom. The fourth-order valence-corrected chi connectivity index (χ4v) is 3.27. The second kappa shape index (κ2) is 6.54. The van der Waals surface area contributed by atoms with E-state index in [1.54, 1.807) is 0 Å². The highest BCUT2D eigenvalue weighted by Gasteiger charge is 2.37. The number of carbonyl (C=O) groups is 1. The van der Waals surface area contributed by atoms with Gasteiger partial charge in [0.1, 0.15) is 0 Å². The third-order valence-electron chi connectivity index (χ3n) is 3.56. The first-order chi connectivity index (χ1) is 12.0. The summed E-state index contributed by atoms with van der Waals surface area (Å²) in [7, 11) is 0. The van der Waals surface area contributed by atoms with Crippen LogP contribution in [0.3, 0.4) is 0 Å². The molecule has 11 heteroatoms. The summed E-state index contributed by atoms with van der Waals surface area (Å²) >= 11 is 1.07. The van der Waals surface area contributed by atoms with Gasteiger partial charge in [-0.05, 0) is 18.2 Å². The summed E-state index contributed by atoms with van der Waals surface area (Å²) in [5.41, 5.74) is -3.17. The van der Waals surface area contributed by atoms with Crippen molar-refractivity contribution in [3.8, 4) is 0 Å². The molecule has 140 valence electrons. The monoisotopic (exact) mass is 396 g/mol. The zero-order valence-electron chi connectivity index (χ0n) is 12.8. The lowest BCUT2D eigenvalue weighted by Gasteiger charge is -2.13. The predicted molar refractivity (Wildman–Crippen MR) is 79.9 cm³/mol. The lowest BCUT2D eigenvalue weighted by atomic mass is 10.0. The lowest BCUT2D eigenvalue weighted by Crippen LogP contribution is -2.17. The number of halogens is 6. The molecule has 0 radical (unpaired) electrons. The first-order valence-electron chi connectivity index (χ1n) is 7.21. The normalized spacial score (nSPS) is 14.8. The Hall–Kier alpha value is -2.14. The predicted octanol–water partition coefficient (Wildman–Crippen LogP) is 4.51. The topological polar surface area (TPSA) is 51.2 Å². The fourth-order valence-electron chi connectivity index (χ4n) is 2.33. The molecule has 0 fully saturated rings. The highest BCUT2D eigenvalue weighted by molar-refractivity contribution is 7.15. The molecule has 0 unspecified atom stereocenters. The first kappa shape index (κ1) is 18.6.